The average Bonchev–Trinajstić information content (AvgIpc) is 2.27. The number of benzene rings is 1. The molecular weight excluding hydrogens is 228 g/mol. The van der Waals surface area contributed by atoms with Crippen LogP contribution in [0.25, 0.3) is 0 Å². The van der Waals surface area contributed by atoms with E-state index in [1.165, 1.54) is 24.2 Å². The van der Waals surface area contributed by atoms with Crippen molar-refractivity contribution < 1.29 is 0 Å². The van der Waals surface area contributed by atoms with Gasteiger partial charge in [0.05, 0.1) is 0 Å². The molecule has 0 atom stereocenters. The first-order chi connectivity index (χ1) is 8.15. The Morgan fingerprint density at radius 1 is 1.12 bits per heavy atom. The van der Waals surface area contributed by atoms with Crippen molar-refractivity contribution in [1.82, 2.24) is 8.61 Å². The first kappa shape index (κ1) is 14.6. The molecule has 0 aliphatic carbocycles. The van der Waals surface area contributed by atoms with Crippen molar-refractivity contribution in [1.29, 1.82) is 0 Å². The quantitative estimate of drug-likeness (QED) is 0.760. The monoisotopic (exact) mass is 252 g/mol. The lowest BCUT2D eigenvalue weighted by Gasteiger charge is -2.39. The molecule has 0 amide bonds. The first-order valence-corrected chi connectivity index (χ1v) is 7.05. The van der Waals surface area contributed by atoms with Crippen LogP contribution >= 0.6 is 12.1 Å². The first-order valence-electron chi connectivity index (χ1n) is 6.32. The molecule has 1 aromatic rings. The SMILES string of the molecule is CC.Cc1ccc(C2CN(SN(C)C)C2)cc1. The van der Waals surface area contributed by atoms with Crippen molar-refractivity contribution in [3.05, 3.63) is 35.4 Å². The summed E-state index contributed by atoms with van der Waals surface area (Å²) >= 11 is 1.81. The van der Waals surface area contributed by atoms with Crippen LogP contribution in [-0.2, 0) is 0 Å². The third kappa shape index (κ3) is 4.34. The Morgan fingerprint density at radius 3 is 2.12 bits per heavy atom. The smallest absolute Gasteiger partial charge is 0.0183 e. The predicted molar refractivity (Wildman–Crippen MR) is 78.1 cm³/mol. The molecule has 2 rings (SSSR count). The summed E-state index contributed by atoms with van der Waals surface area (Å²) in [5.74, 6) is 0.734. The van der Waals surface area contributed by atoms with Gasteiger partial charge >= 0.3 is 0 Å². The van der Waals surface area contributed by atoms with Gasteiger partial charge in [-0.25, -0.2) is 8.61 Å². The van der Waals surface area contributed by atoms with Crippen molar-refractivity contribution in [2.24, 2.45) is 0 Å². The third-order valence-electron chi connectivity index (χ3n) is 2.68. The number of aryl methyl sites for hydroxylation is 1. The zero-order valence-electron chi connectivity index (χ0n) is 11.6. The van der Waals surface area contributed by atoms with Crippen LogP contribution in [0.2, 0.25) is 0 Å². The predicted octanol–water partition coefficient (Wildman–Crippen LogP) is 3.55. The van der Waals surface area contributed by atoms with Crippen LogP contribution < -0.4 is 0 Å². The largest absolute Gasteiger partial charge is 0.243 e. The maximum absolute atomic E-state index is 2.39. The van der Waals surface area contributed by atoms with Gasteiger partial charge in [0, 0.05) is 31.1 Å². The minimum absolute atomic E-state index is 0.734. The van der Waals surface area contributed by atoms with Crippen molar-refractivity contribution >= 4 is 12.1 Å². The van der Waals surface area contributed by atoms with E-state index in [1.54, 1.807) is 0 Å². The topological polar surface area (TPSA) is 6.48 Å². The molecule has 1 aliphatic heterocycles. The molecular formula is C14H24N2S. The van der Waals surface area contributed by atoms with E-state index < -0.39 is 0 Å². The molecule has 1 heterocycles. The van der Waals surface area contributed by atoms with Crippen molar-refractivity contribution in [3.63, 3.8) is 0 Å². The highest BCUT2D eigenvalue weighted by atomic mass is 32.2. The Morgan fingerprint density at radius 2 is 1.65 bits per heavy atom. The average molecular weight is 252 g/mol. The van der Waals surface area contributed by atoms with E-state index in [9.17, 15) is 0 Å². The van der Waals surface area contributed by atoms with E-state index in [4.69, 9.17) is 0 Å². The molecule has 1 aliphatic rings. The maximum atomic E-state index is 2.39. The molecule has 0 radical (unpaired) electrons. The number of nitrogens with zero attached hydrogens (tertiary/aromatic N) is 2. The second-order valence-corrected chi connectivity index (χ2v) is 5.76. The van der Waals surface area contributed by atoms with E-state index in [0.29, 0.717) is 0 Å². The Hall–Kier alpha value is -0.510. The van der Waals surface area contributed by atoms with E-state index in [1.807, 2.05) is 26.0 Å². The Kier molecular flexibility index (Phi) is 6.03. The van der Waals surface area contributed by atoms with Crippen LogP contribution in [0.15, 0.2) is 24.3 Å². The van der Waals surface area contributed by atoms with Gasteiger partial charge in [-0.2, -0.15) is 0 Å². The lowest BCUT2D eigenvalue weighted by atomic mass is 9.93. The summed E-state index contributed by atoms with van der Waals surface area (Å²) in [5.41, 5.74) is 2.83. The molecule has 0 aromatic heterocycles. The fourth-order valence-electron chi connectivity index (χ4n) is 1.79. The minimum Gasteiger partial charge on any atom is -0.243 e. The van der Waals surface area contributed by atoms with E-state index in [2.05, 4.69) is 53.9 Å². The van der Waals surface area contributed by atoms with Crippen molar-refractivity contribution in [3.8, 4) is 0 Å². The lowest BCUT2D eigenvalue weighted by molar-refractivity contribution is 0.283. The molecule has 1 fully saturated rings. The summed E-state index contributed by atoms with van der Waals surface area (Å²) in [6, 6.07) is 8.93. The zero-order valence-corrected chi connectivity index (χ0v) is 12.4. The molecule has 0 unspecified atom stereocenters. The van der Waals surface area contributed by atoms with Crippen molar-refractivity contribution in [2.45, 2.75) is 26.7 Å². The maximum Gasteiger partial charge on any atom is 0.0183 e. The highest BCUT2D eigenvalue weighted by Gasteiger charge is 2.28. The van der Waals surface area contributed by atoms with Crippen LogP contribution in [0.5, 0.6) is 0 Å². The van der Waals surface area contributed by atoms with Gasteiger partial charge in [-0.3, -0.25) is 0 Å². The highest BCUT2D eigenvalue weighted by molar-refractivity contribution is 7.94. The van der Waals surface area contributed by atoms with Gasteiger partial charge in [0.25, 0.3) is 0 Å². The van der Waals surface area contributed by atoms with Crippen molar-refractivity contribution in [2.75, 3.05) is 27.2 Å². The van der Waals surface area contributed by atoms with Crippen LogP contribution in [-0.4, -0.2) is 35.8 Å². The molecule has 1 saturated heterocycles. The molecule has 2 nitrogen and oxygen atoms in total. The van der Waals surface area contributed by atoms with E-state index in [0.717, 1.165) is 5.92 Å². The Balaban J connectivity index is 0.000000686. The molecule has 1 aromatic carbocycles. The standard InChI is InChI=1S/C12H18N2S.C2H6/c1-10-4-6-11(7-5-10)12-8-14(9-12)15-13(2)3;1-2/h4-7,12H,8-9H2,1-3H3;1-2H3. The molecule has 96 valence electrons. The summed E-state index contributed by atoms with van der Waals surface area (Å²) in [7, 11) is 4.17. The molecule has 0 N–H and O–H groups in total. The van der Waals surface area contributed by atoms with Gasteiger partial charge in [-0.1, -0.05) is 43.7 Å². The van der Waals surface area contributed by atoms with Gasteiger partial charge in [0.1, 0.15) is 0 Å². The van der Waals surface area contributed by atoms with E-state index in [-0.39, 0.29) is 0 Å². The van der Waals surface area contributed by atoms with Crippen LogP contribution in [0.3, 0.4) is 0 Å². The number of rotatable bonds is 3. The fourth-order valence-corrected chi connectivity index (χ4v) is 2.74. The normalized spacial score (nSPS) is 16.4. The number of hydrogen-bond acceptors (Lipinski definition) is 3. The molecule has 3 heteroatoms. The van der Waals surface area contributed by atoms with Crippen LogP contribution in [0.4, 0.5) is 0 Å². The second kappa shape index (κ2) is 7.04. The van der Waals surface area contributed by atoms with Gasteiger partial charge in [0.15, 0.2) is 0 Å². The lowest BCUT2D eigenvalue weighted by Crippen LogP contribution is -2.41. The number of hydrogen-bond donors (Lipinski definition) is 0. The van der Waals surface area contributed by atoms with Gasteiger partial charge in [0.2, 0.25) is 0 Å². The van der Waals surface area contributed by atoms with Crippen LogP contribution in [0.1, 0.15) is 30.9 Å². The molecule has 0 spiro atoms. The third-order valence-corrected chi connectivity index (χ3v) is 3.53. The van der Waals surface area contributed by atoms with Gasteiger partial charge in [-0.15, -0.1) is 0 Å². The Labute approximate surface area is 110 Å². The summed E-state index contributed by atoms with van der Waals surface area (Å²) < 4.78 is 4.54. The van der Waals surface area contributed by atoms with E-state index >= 15 is 0 Å². The summed E-state index contributed by atoms with van der Waals surface area (Å²) in [6.45, 7) is 8.48. The molecule has 17 heavy (non-hydrogen) atoms. The summed E-state index contributed by atoms with van der Waals surface area (Å²) in [4.78, 5) is 0. The summed E-state index contributed by atoms with van der Waals surface area (Å²) in [5, 5.41) is 0. The molecule has 0 saturated carbocycles. The zero-order chi connectivity index (χ0) is 12.8. The highest BCUT2D eigenvalue weighted by Crippen LogP contribution is 2.32. The fraction of sp³-hybridized carbons (Fsp3) is 0.571. The Bertz CT molecular complexity index is 315. The van der Waals surface area contributed by atoms with Crippen LogP contribution in [0, 0.1) is 6.92 Å². The molecule has 0 bridgehead atoms. The second-order valence-electron chi connectivity index (χ2n) is 4.35. The van der Waals surface area contributed by atoms with Gasteiger partial charge < -0.3 is 0 Å². The summed E-state index contributed by atoms with van der Waals surface area (Å²) in [6.07, 6.45) is 0. The minimum atomic E-state index is 0.734. The van der Waals surface area contributed by atoms with Gasteiger partial charge in [-0.05, 0) is 26.6 Å².